The lowest BCUT2D eigenvalue weighted by atomic mass is 9.87. The Balaban J connectivity index is 1.75. The molecule has 3 atom stereocenters. The Labute approximate surface area is 140 Å². The molecule has 4 nitrogen and oxygen atoms in total. The number of benzene rings is 1. The molecule has 0 aliphatic carbocycles. The van der Waals surface area contributed by atoms with E-state index in [0.29, 0.717) is 18.4 Å². The Morgan fingerprint density at radius 3 is 2.88 bits per heavy atom. The Morgan fingerprint density at radius 2 is 2.08 bits per heavy atom. The standard InChI is InChI=1S/C19H20FN3O/c1-12-5-2-3-6-14(12)18-15-10-21-9-13(15)11-23(18)19(24)17-16(20)7-4-8-22-17/h2-8,13,15,18,21H,9-11H2,1H3/t13-,15-,18+/m0/s1. The highest BCUT2D eigenvalue weighted by atomic mass is 19.1. The van der Waals surface area contributed by atoms with Crippen molar-refractivity contribution in [3.05, 3.63) is 65.2 Å². The molecule has 2 aliphatic heterocycles. The summed E-state index contributed by atoms with van der Waals surface area (Å²) in [4.78, 5) is 18.8. The zero-order chi connectivity index (χ0) is 16.7. The molecule has 5 heteroatoms. The van der Waals surface area contributed by atoms with E-state index in [1.54, 1.807) is 0 Å². The lowest BCUT2D eigenvalue weighted by molar-refractivity contribution is 0.0702. The Morgan fingerprint density at radius 1 is 1.25 bits per heavy atom. The monoisotopic (exact) mass is 325 g/mol. The first-order valence-corrected chi connectivity index (χ1v) is 8.34. The van der Waals surface area contributed by atoms with Crippen LogP contribution in [0.1, 0.15) is 27.7 Å². The van der Waals surface area contributed by atoms with Gasteiger partial charge in [0.05, 0.1) is 6.04 Å². The van der Waals surface area contributed by atoms with E-state index in [9.17, 15) is 9.18 Å². The number of carbonyl (C=O) groups is 1. The largest absolute Gasteiger partial charge is 0.329 e. The fraction of sp³-hybridized carbons (Fsp3) is 0.368. The third-order valence-corrected chi connectivity index (χ3v) is 5.29. The number of rotatable bonds is 2. The zero-order valence-corrected chi connectivity index (χ0v) is 13.6. The number of carbonyl (C=O) groups excluding carboxylic acids is 1. The Bertz CT molecular complexity index is 779. The summed E-state index contributed by atoms with van der Waals surface area (Å²) in [7, 11) is 0. The summed E-state index contributed by atoms with van der Waals surface area (Å²) in [5.74, 6) is -0.0934. The Hall–Kier alpha value is -2.27. The molecule has 0 saturated carbocycles. The average molecular weight is 325 g/mol. The second-order valence-corrected chi connectivity index (χ2v) is 6.67. The van der Waals surface area contributed by atoms with Crippen LogP contribution in [0, 0.1) is 24.6 Å². The number of hydrogen-bond donors (Lipinski definition) is 1. The lowest BCUT2D eigenvalue weighted by Crippen LogP contribution is -2.36. The van der Waals surface area contributed by atoms with Gasteiger partial charge >= 0.3 is 0 Å². The van der Waals surface area contributed by atoms with Crippen molar-refractivity contribution < 1.29 is 9.18 Å². The van der Waals surface area contributed by atoms with E-state index >= 15 is 0 Å². The van der Waals surface area contributed by atoms with E-state index in [-0.39, 0.29) is 17.6 Å². The summed E-state index contributed by atoms with van der Waals surface area (Å²) in [5.41, 5.74) is 2.23. The number of fused-ring (bicyclic) bond motifs is 1. The molecule has 1 N–H and O–H groups in total. The molecule has 1 aromatic carbocycles. The minimum atomic E-state index is -0.554. The number of aromatic nitrogens is 1. The fourth-order valence-electron chi connectivity index (χ4n) is 4.13. The third kappa shape index (κ3) is 2.40. The van der Waals surface area contributed by atoms with Gasteiger partial charge in [0.2, 0.25) is 0 Å². The summed E-state index contributed by atoms with van der Waals surface area (Å²) in [6.45, 7) is 4.50. The molecule has 1 amide bonds. The van der Waals surface area contributed by atoms with Crippen LogP contribution in [0.2, 0.25) is 0 Å². The number of halogens is 1. The quantitative estimate of drug-likeness (QED) is 0.923. The van der Waals surface area contributed by atoms with Gasteiger partial charge in [0.25, 0.3) is 5.91 Å². The minimum Gasteiger partial charge on any atom is -0.329 e. The fourth-order valence-corrected chi connectivity index (χ4v) is 4.13. The predicted molar refractivity (Wildman–Crippen MR) is 89.0 cm³/mol. The molecule has 2 saturated heterocycles. The molecule has 0 spiro atoms. The molecule has 0 radical (unpaired) electrons. The van der Waals surface area contributed by atoms with E-state index in [2.05, 4.69) is 29.4 Å². The Kier molecular flexibility index (Phi) is 3.81. The number of pyridine rings is 1. The van der Waals surface area contributed by atoms with E-state index in [0.717, 1.165) is 24.2 Å². The molecule has 1 aromatic heterocycles. The first kappa shape index (κ1) is 15.3. The maximum atomic E-state index is 14.1. The minimum absolute atomic E-state index is 0.0277. The van der Waals surface area contributed by atoms with Crippen LogP contribution in [0.4, 0.5) is 4.39 Å². The second kappa shape index (κ2) is 5.98. The number of aryl methyl sites for hydroxylation is 1. The highest BCUT2D eigenvalue weighted by molar-refractivity contribution is 5.93. The lowest BCUT2D eigenvalue weighted by Gasteiger charge is -2.29. The highest BCUT2D eigenvalue weighted by Crippen LogP contribution is 2.44. The van der Waals surface area contributed by atoms with Crippen LogP contribution in [-0.4, -0.2) is 35.4 Å². The van der Waals surface area contributed by atoms with E-state index in [1.165, 1.54) is 18.3 Å². The van der Waals surface area contributed by atoms with Crippen molar-refractivity contribution in [2.75, 3.05) is 19.6 Å². The molecule has 124 valence electrons. The van der Waals surface area contributed by atoms with Gasteiger partial charge in [-0.25, -0.2) is 9.37 Å². The third-order valence-electron chi connectivity index (χ3n) is 5.29. The number of amides is 1. The summed E-state index contributed by atoms with van der Waals surface area (Å²) < 4.78 is 14.1. The second-order valence-electron chi connectivity index (χ2n) is 6.67. The van der Waals surface area contributed by atoms with Crippen molar-refractivity contribution in [1.82, 2.24) is 15.2 Å². The smallest absolute Gasteiger partial charge is 0.276 e. The zero-order valence-electron chi connectivity index (χ0n) is 13.6. The van der Waals surface area contributed by atoms with Crippen LogP contribution in [0.25, 0.3) is 0 Å². The van der Waals surface area contributed by atoms with Crippen LogP contribution in [0.3, 0.4) is 0 Å². The van der Waals surface area contributed by atoms with Crippen molar-refractivity contribution in [3.8, 4) is 0 Å². The number of likely N-dealkylation sites (tertiary alicyclic amines) is 1. The first-order chi connectivity index (χ1) is 11.7. The van der Waals surface area contributed by atoms with Crippen molar-refractivity contribution >= 4 is 5.91 Å². The number of nitrogens with one attached hydrogen (secondary N) is 1. The highest BCUT2D eigenvalue weighted by Gasteiger charge is 2.47. The van der Waals surface area contributed by atoms with Gasteiger partial charge < -0.3 is 10.2 Å². The molecule has 0 unspecified atom stereocenters. The SMILES string of the molecule is Cc1ccccc1[C@@H]1[C@H]2CNC[C@H]2CN1C(=O)c1ncccc1F. The van der Waals surface area contributed by atoms with Gasteiger partial charge in [0.1, 0.15) is 0 Å². The normalized spacial score (nSPS) is 25.8. The number of hydrogen-bond acceptors (Lipinski definition) is 3. The van der Waals surface area contributed by atoms with Crippen LogP contribution in [-0.2, 0) is 0 Å². The summed E-state index contributed by atoms with van der Waals surface area (Å²) >= 11 is 0. The first-order valence-electron chi connectivity index (χ1n) is 8.34. The van der Waals surface area contributed by atoms with E-state index in [4.69, 9.17) is 0 Å². The van der Waals surface area contributed by atoms with Crippen molar-refractivity contribution in [1.29, 1.82) is 0 Å². The van der Waals surface area contributed by atoms with Crippen LogP contribution in [0.15, 0.2) is 42.6 Å². The number of nitrogens with zero attached hydrogens (tertiary/aromatic N) is 2. The average Bonchev–Trinajstić information content (AvgIpc) is 3.16. The molecule has 3 heterocycles. The molecule has 24 heavy (non-hydrogen) atoms. The van der Waals surface area contributed by atoms with Gasteiger partial charge in [0, 0.05) is 31.7 Å². The topological polar surface area (TPSA) is 45.2 Å². The molecule has 2 aliphatic rings. The van der Waals surface area contributed by atoms with Gasteiger partial charge in [-0.2, -0.15) is 0 Å². The maximum Gasteiger partial charge on any atom is 0.276 e. The van der Waals surface area contributed by atoms with Gasteiger partial charge in [-0.05, 0) is 36.1 Å². The maximum absolute atomic E-state index is 14.1. The summed E-state index contributed by atoms with van der Waals surface area (Å²) in [5, 5.41) is 3.43. The van der Waals surface area contributed by atoms with Crippen LogP contribution < -0.4 is 5.32 Å². The molecule has 4 rings (SSSR count). The molecule has 0 bridgehead atoms. The molecular weight excluding hydrogens is 305 g/mol. The molecule has 2 aromatic rings. The summed E-state index contributed by atoms with van der Waals surface area (Å²) in [6.07, 6.45) is 1.47. The predicted octanol–water partition coefficient (Wildman–Crippen LogP) is 2.56. The molecule has 2 fully saturated rings. The van der Waals surface area contributed by atoms with Crippen molar-refractivity contribution in [2.45, 2.75) is 13.0 Å². The van der Waals surface area contributed by atoms with Crippen molar-refractivity contribution in [3.63, 3.8) is 0 Å². The van der Waals surface area contributed by atoms with Gasteiger partial charge in [-0.1, -0.05) is 24.3 Å². The summed E-state index contributed by atoms with van der Waals surface area (Å²) in [6, 6.07) is 10.9. The van der Waals surface area contributed by atoms with E-state index in [1.807, 2.05) is 17.0 Å². The molecular formula is C19H20FN3O. The van der Waals surface area contributed by atoms with Gasteiger partial charge in [0.15, 0.2) is 11.5 Å². The van der Waals surface area contributed by atoms with Crippen LogP contribution >= 0.6 is 0 Å². The van der Waals surface area contributed by atoms with E-state index < -0.39 is 5.82 Å². The van der Waals surface area contributed by atoms with Crippen LogP contribution in [0.5, 0.6) is 0 Å². The van der Waals surface area contributed by atoms with Gasteiger partial charge in [-0.3, -0.25) is 4.79 Å². The van der Waals surface area contributed by atoms with Crippen molar-refractivity contribution in [2.24, 2.45) is 11.8 Å². The van der Waals surface area contributed by atoms with Gasteiger partial charge in [-0.15, -0.1) is 0 Å².